The van der Waals surface area contributed by atoms with Crippen LogP contribution in [0.5, 0.6) is 5.75 Å². The number of ether oxygens (including phenoxy) is 1. The van der Waals surface area contributed by atoms with Gasteiger partial charge in [0.25, 0.3) is 5.91 Å². The molecule has 1 saturated carbocycles. The largest absolute Gasteiger partial charge is 0.482 e. The normalized spacial score (nSPS) is 26.7. The zero-order valence-corrected chi connectivity index (χ0v) is 23.6. The van der Waals surface area contributed by atoms with E-state index in [4.69, 9.17) is 10.5 Å². The van der Waals surface area contributed by atoms with Crippen molar-refractivity contribution in [3.05, 3.63) is 71.7 Å². The van der Waals surface area contributed by atoms with Crippen molar-refractivity contribution in [3.63, 3.8) is 0 Å². The third-order valence-electron chi connectivity index (χ3n) is 8.83. The zero-order valence-electron chi connectivity index (χ0n) is 23.6. The number of nitrogens with two attached hydrogens (primary N) is 1. The van der Waals surface area contributed by atoms with E-state index in [-0.39, 0.29) is 64.6 Å². The summed E-state index contributed by atoms with van der Waals surface area (Å²) in [5.74, 6) is -1.80. The fraction of sp³-hybridized carbons (Fsp3) is 0.438. The summed E-state index contributed by atoms with van der Waals surface area (Å²) in [6.45, 7) is 5.84. The Kier molecular flexibility index (Phi) is 8.45. The van der Waals surface area contributed by atoms with Gasteiger partial charge in [0.05, 0.1) is 17.4 Å². The molecule has 1 aromatic carbocycles. The molecule has 0 saturated heterocycles. The molecule has 3 aromatic rings. The summed E-state index contributed by atoms with van der Waals surface area (Å²) in [4.78, 5) is 35.3. The van der Waals surface area contributed by atoms with Crippen LogP contribution in [0.1, 0.15) is 74.8 Å². The van der Waals surface area contributed by atoms with Crippen LogP contribution >= 0.6 is 0 Å². The monoisotopic (exact) mass is 562 g/mol. The molecule has 1 fully saturated rings. The van der Waals surface area contributed by atoms with Gasteiger partial charge in [0.15, 0.2) is 11.9 Å². The average Bonchev–Trinajstić information content (AvgIpc) is 2.96. The van der Waals surface area contributed by atoms with Crippen LogP contribution in [0.4, 0.5) is 14.5 Å². The number of nitrogens with zero attached hydrogens (tertiary/aromatic N) is 2. The van der Waals surface area contributed by atoms with Crippen molar-refractivity contribution < 1.29 is 23.1 Å². The van der Waals surface area contributed by atoms with Crippen LogP contribution in [0, 0.1) is 29.4 Å². The fourth-order valence-corrected chi connectivity index (χ4v) is 6.74. The molecule has 3 aliphatic rings. The number of rotatable bonds is 2. The minimum atomic E-state index is -0.912. The van der Waals surface area contributed by atoms with Crippen LogP contribution in [0.15, 0.2) is 48.8 Å². The lowest BCUT2D eigenvalue weighted by atomic mass is 9.62. The number of anilines is 1. The summed E-state index contributed by atoms with van der Waals surface area (Å²) in [7, 11) is 0. The molecule has 2 aliphatic heterocycles. The molecule has 9 heteroatoms. The Hall–Kier alpha value is -3.72. The van der Waals surface area contributed by atoms with Crippen molar-refractivity contribution in [2.45, 2.75) is 70.9 Å². The number of hydrogen-bond donors (Lipinski definition) is 2. The quantitative estimate of drug-likeness (QED) is 0.380. The number of halogens is 2. The Labute approximate surface area is 238 Å². The highest BCUT2D eigenvalue weighted by molar-refractivity contribution is 6.03. The van der Waals surface area contributed by atoms with Crippen molar-refractivity contribution in [2.75, 3.05) is 5.32 Å². The predicted molar refractivity (Wildman–Crippen MR) is 152 cm³/mol. The number of fused-ring (bicyclic) bond motifs is 7. The Morgan fingerprint density at radius 3 is 2.56 bits per heavy atom. The maximum Gasteiger partial charge on any atom is 0.274 e. The van der Waals surface area contributed by atoms with Crippen molar-refractivity contribution in [1.82, 2.24) is 9.97 Å². The molecule has 7 nitrogen and oxygen atoms in total. The van der Waals surface area contributed by atoms with Gasteiger partial charge >= 0.3 is 0 Å². The van der Waals surface area contributed by atoms with Gasteiger partial charge in [-0.2, -0.15) is 0 Å². The van der Waals surface area contributed by atoms with E-state index in [9.17, 15) is 9.59 Å². The van der Waals surface area contributed by atoms with Gasteiger partial charge < -0.3 is 15.8 Å². The van der Waals surface area contributed by atoms with Crippen molar-refractivity contribution in [1.29, 1.82) is 0 Å². The molecule has 4 bridgehead atoms. The fourth-order valence-electron chi connectivity index (χ4n) is 6.74. The molecular weight excluding hydrogens is 526 g/mol. The van der Waals surface area contributed by atoms with E-state index in [1.54, 1.807) is 19.3 Å². The van der Waals surface area contributed by atoms with Crippen LogP contribution in [0.2, 0.25) is 0 Å². The van der Waals surface area contributed by atoms with Crippen LogP contribution in [-0.2, 0) is 4.79 Å². The molecule has 1 amide bonds. The lowest BCUT2D eigenvalue weighted by Crippen LogP contribution is -2.46. The number of Topliss-reactive ketones (excluding diaryl/α,β-unsaturated/α-hetero) is 1. The number of amides is 1. The Morgan fingerprint density at radius 2 is 1.80 bits per heavy atom. The second kappa shape index (κ2) is 12.0. The highest BCUT2D eigenvalue weighted by Gasteiger charge is 2.41. The first-order chi connectivity index (χ1) is 19.7. The lowest BCUT2D eigenvalue weighted by molar-refractivity contribution is -0.127. The van der Waals surface area contributed by atoms with E-state index in [0.29, 0.717) is 12.1 Å². The number of ketones is 1. The molecule has 6 rings (SSSR count). The summed E-state index contributed by atoms with van der Waals surface area (Å²) >= 11 is 0. The molecular formula is C32H36F2N4O3. The number of pyridine rings is 2. The number of hydrogen-bond acceptors (Lipinski definition) is 6. The van der Waals surface area contributed by atoms with Gasteiger partial charge in [-0.05, 0) is 79.3 Å². The third-order valence-corrected chi connectivity index (χ3v) is 8.83. The molecule has 3 N–H and O–H groups in total. The lowest BCUT2D eigenvalue weighted by Gasteiger charge is -2.44. The van der Waals surface area contributed by atoms with E-state index < -0.39 is 23.6 Å². The molecule has 2 aromatic heterocycles. The van der Waals surface area contributed by atoms with E-state index in [1.165, 1.54) is 18.2 Å². The maximum absolute atomic E-state index is 15.2. The molecule has 216 valence electrons. The second-order valence-electron chi connectivity index (χ2n) is 11.2. The summed E-state index contributed by atoms with van der Waals surface area (Å²) in [6.07, 6.45) is 5.91. The van der Waals surface area contributed by atoms with Crippen molar-refractivity contribution >= 4 is 17.4 Å². The van der Waals surface area contributed by atoms with Gasteiger partial charge in [0.2, 0.25) is 0 Å². The summed E-state index contributed by atoms with van der Waals surface area (Å²) < 4.78 is 36.3. The van der Waals surface area contributed by atoms with Crippen LogP contribution in [0.25, 0.3) is 11.3 Å². The van der Waals surface area contributed by atoms with Crippen LogP contribution < -0.4 is 15.8 Å². The van der Waals surface area contributed by atoms with E-state index in [1.807, 2.05) is 6.07 Å². The molecule has 6 atom stereocenters. The molecule has 0 spiro atoms. The first-order valence-corrected chi connectivity index (χ1v) is 14.4. The van der Waals surface area contributed by atoms with Crippen LogP contribution in [0.3, 0.4) is 0 Å². The Bertz CT molecular complexity index is 1450. The molecule has 0 radical (unpaired) electrons. The minimum Gasteiger partial charge on any atom is -0.482 e. The third kappa shape index (κ3) is 5.73. The summed E-state index contributed by atoms with van der Waals surface area (Å²) in [5.41, 5.74) is 7.60. The van der Waals surface area contributed by atoms with Crippen molar-refractivity contribution in [2.24, 2.45) is 23.5 Å². The Balaban J connectivity index is 1.65. The molecule has 41 heavy (non-hydrogen) atoms. The van der Waals surface area contributed by atoms with E-state index in [0.717, 1.165) is 37.0 Å². The van der Waals surface area contributed by atoms with Gasteiger partial charge in [0, 0.05) is 18.7 Å². The summed E-state index contributed by atoms with van der Waals surface area (Å²) in [6, 6.07) is 8.13. The smallest absolute Gasteiger partial charge is 0.274 e. The van der Waals surface area contributed by atoms with E-state index >= 15 is 8.78 Å². The van der Waals surface area contributed by atoms with Gasteiger partial charge in [-0.15, -0.1) is 0 Å². The number of carbonyl (C=O) groups is 2. The highest BCUT2D eigenvalue weighted by Crippen LogP contribution is 2.46. The Morgan fingerprint density at radius 1 is 1.02 bits per heavy atom. The average molecular weight is 563 g/mol. The van der Waals surface area contributed by atoms with Gasteiger partial charge in [-0.3, -0.25) is 14.6 Å². The summed E-state index contributed by atoms with van der Waals surface area (Å²) in [5, 5.41) is 2.90. The highest BCUT2D eigenvalue weighted by atomic mass is 19.1. The number of aromatic nitrogens is 2. The minimum absolute atomic E-state index is 0.0258. The number of nitrogens with one attached hydrogen (secondary N) is 1. The molecule has 6 unspecified atom stereocenters. The zero-order chi connectivity index (χ0) is 29.3. The second-order valence-corrected chi connectivity index (χ2v) is 11.2. The first-order valence-electron chi connectivity index (χ1n) is 14.4. The number of benzene rings is 1. The van der Waals surface area contributed by atoms with Crippen LogP contribution in [-0.4, -0.2) is 33.8 Å². The molecule has 1 aliphatic carbocycles. The SMILES string of the molecule is CCC1CC(=O)C(C)Oc2cccc(F)c2-c2nc(ccc2F)C(=O)Nc2cnccc2C2CC(N)C1C(CC)C2. The standard InChI is InChI=1S/C32H36F2N4O3/c1-4-18-13-20-14-24(35)29(18)19(5-2)15-27(39)17(3)41-28-8-6-7-22(33)30(28)31-23(34)9-10-25(37-31)32(40)38-26-16-36-12-11-21(20)26/h6-12,16-20,24,29H,4-5,13-15,35H2,1-3H3,(H,38,40). The van der Waals surface area contributed by atoms with Gasteiger partial charge in [0.1, 0.15) is 28.8 Å². The predicted octanol–water partition coefficient (Wildman–Crippen LogP) is 6.29. The topological polar surface area (TPSA) is 107 Å². The number of carbonyl (C=O) groups excluding carboxylic acids is 2. The van der Waals surface area contributed by atoms with Crippen molar-refractivity contribution in [3.8, 4) is 17.0 Å². The van der Waals surface area contributed by atoms with Gasteiger partial charge in [-0.25, -0.2) is 13.8 Å². The molecule has 4 heterocycles. The van der Waals surface area contributed by atoms with Gasteiger partial charge in [-0.1, -0.05) is 32.8 Å². The maximum atomic E-state index is 15.2. The van der Waals surface area contributed by atoms with E-state index in [2.05, 4.69) is 29.1 Å². The first kappa shape index (κ1) is 28.8.